The molecule has 1 N–H and O–H groups in total. The maximum absolute atomic E-state index is 11.7. The standard InChI is InChI=1S/C40H43O3P/c1-7-8-11-28-13-15-29(16-14-28)38(34-22-32(20-26(3)39(34)41)30-12-9-10-25(2)19-30)35-23-33(21-27(4)40(35)43-6)31-17-18-36(42-5)37(44)24-31/h9-10,12-24,38,41H,7-8,11,44H2,1-6H3. The van der Waals surface area contributed by atoms with Crippen LogP contribution < -0.4 is 14.8 Å². The third kappa shape index (κ3) is 6.54. The lowest BCUT2D eigenvalue weighted by Gasteiger charge is -2.26. The van der Waals surface area contributed by atoms with Crippen molar-refractivity contribution in [2.24, 2.45) is 0 Å². The summed E-state index contributed by atoms with van der Waals surface area (Å²) in [7, 11) is 6.20. The summed E-state index contributed by atoms with van der Waals surface area (Å²) < 4.78 is 11.6. The minimum Gasteiger partial charge on any atom is -0.507 e. The van der Waals surface area contributed by atoms with Gasteiger partial charge in [0, 0.05) is 22.3 Å². The van der Waals surface area contributed by atoms with Gasteiger partial charge in [-0.05, 0) is 115 Å². The first-order chi connectivity index (χ1) is 21.2. The highest BCUT2D eigenvalue weighted by Crippen LogP contribution is 2.46. The number of hydrogen-bond acceptors (Lipinski definition) is 3. The van der Waals surface area contributed by atoms with Crippen molar-refractivity contribution in [1.82, 2.24) is 0 Å². The number of phenols is 1. The Morgan fingerprint density at radius 1 is 0.705 bits per heavy atom. The molecule has 5 aromatic rings. The Balaban J connectivity index is 1.77. The monoisotopic (exact) mass is 602 g/mol. The molecule has 2 unspecified atom stereocenters. The summed E-state index contributed by atoms with van der Waals surface area (Å²) in [5.74, 6) is 1.70. The summed E-state index contributed by atoms with van der Waals surface area (Å²) in [6.07, 6.45) is 3.38. The van der Waals surface area contributed by atoms with Crippen LogP contribution in [0.5, 0.6) is 17.2 Å². The third-order valence-electron chi connectivity index (χ3n) is 8.51. The first kappa shape index (κ1) is 31.4. The predicted molar refractivity (Wildman–Crippen MR) is 188 cm³/mol. The van der Waals surface area contributed by atoms with Gasteiger partial charge in [-0.2, -0.15) is 0 Å². The number of aromatic hydroxyl groups is 1. The maximum atomic E-state index is 11.7. The Bertz CT molecular complexity index is 1770. The molecule has 226 valence electrons. The minimum atomic E-state index is -0.263. The first-order valence-electron chi connectivity index (χ1n) is 15.4. The molecular formula is C40H43O3P. The smallest absolute Gasteiger partial charge is 0.126 e. The Kier molecular flexibility index (Phi) is 9.77. The second-order valence-corrected chi connectivity index (χ2v) is 12.4. The van der Waals surface area contributed by atoms with Crippen LogP contribution in [0.15, 0.2) is 91.0 Å². The lowest BCUT2D eigenvalue weighted by atomic mass is 9.80. The highest BCUT2D eigenvalue weighted by atomic mass is 31.0. The fourth-order valence-electron chi connectivity index (χ4n) is 6.18. The Morgan fingerprint density at radius 2 is 1.39 bits per heavy atom. The van der Waals surface area contributed by atoms with Crippen molar-refractivity contribution in [2.75, 3.05) is 14.2 Å². The molecule has 0 aliphatic heterocycles. The summed E-state index contributed by atoms with van der Waals surface area (Å²) in [6, 6.07) is 32.3. The summed E-state index contributed by atoms with van der Waals surface area (Å²) in [4.78, 5) is 0. The van der Waals surface area contributed by atoms with Gasteiger partial charge in [0.2, 0.25) is 0 Å². The van der Waals surface area contributed by atoms with Crippen LogP contribution in [0.2, 0.25) is 0 Å². The number of phenolic OH excluding ortho intramolecular Hbond substituents is 1. The fourth-order valence-corrected chi connectivity index (χ4v) is 6.57. The summed E-state index contributed by atoms with van der Waals surface area (Å²) in [5.41, 5.74) is 11.8. The number of aryl methyl sites for hydroxylation is 4. The molecule has 5 aromatic carbocycles. The zero-order valence-electron chi connectivity index (χ0n) is 26.7. The largest absolute Gasteiger partial charge is 0.507 e. The number of methoxy groups -OCH3 is 2. The van der Waals surface area contributed by atoms with Gasteiger partial charge in [-0.25, -0.2) is 0 Å². The second kappa shape index (κ2) is 13.7. The van der Waals surface area contributed by atoms with Crippen LogP contribution in [0.4, 0.5) is 0 Å². The van der Waals surface area contributed by atoms with Gasteiger partial charge in [-0.15, -0.1) is 9.24 Å². The summed E-state index contributed by atoms with van der Waals surface area (Å²) in [5, 5.41) is 12.7. The van der Waals surface area contributed by atoms with Gasteiger partial charge in [-0.1, -0.05) is 73.5 Å². The number of unbranched alkanes of at least 4 members (excludes halogenated alkanes) is 1. The van der Waals surface area contributed by atoms with E-state index in [-0.39, 0.29) is 5.92 Å². The molecule has 0 saturated heterocycles. The van der Waals surface area contributed by atoms with Gasteiger partial charge in [0.05, 0.1) is 14.2 Å². The van der Waals surface area contributed by atoms with E-state index in [1.54, 1.807) is 14.2 Å². The molecule has 3 nitrogen and oxygen atoms in total. The molecule has 2 atom stereocenters. The topological polar surface area (TPSA) is 38.7 Å². The average molecular weight is 603 g/mol. The van der Waals surface area contributed by atoms with E-state index in [1.165, 1.54) is 11.1 Å². The molecule has 0 aromatic heterocycles. The minimum absolute atomic E-state index is 0.263. The van der Waals surface area contributed by atoms with Gasteiger partial charge in [0.25, 0.3) is 0 Å². The number of hydrogen-bond donors (Lipinski definition) is 1. The lowest BCUT2D eigenvalue weighted by molar-refractivity contribution is 0.405. The lowest BCUT2D eigenvalue weighted by Crippen LogP contribution is -2.09. The second-order valence-electron chi connectivity index (χ2n) is 11.8. The first-order valence-corrected chi connectivity index (χ1v) is 15.9. The average Bonchev–Trinajstić information content (AvgIpc) is 3.02. The molecule has 0 bridgehead atoms. The van der Waals surface area contributed by atoms with Gasteiger partial charge >= 0.3 is 0 Å². The van der Waals surface area contributed by atoms with Crippen molar-refractivity contribution < 1.29 is 14.6 Å². The van der Waals surface area contributed by atoms with Crippen LogP contribution in [0.1, 0.15) is 64.6 Å². The molecule has 0 radical (unpaired) electrons. The van der Waals surface area contributed by atoms with Crippen molar-refractivity contribution in [2.45, 2.75) is 52.9 Å². The number of rotatable bonds is 10. The van der Waals surface area contributed by atoms with E-state index in [0.717, 1.165) is 86.1 Å². The quantitative estimate of drug-likeness (QED) is 0.128. The molecule has 0 aliphatic carbocycles. The van der Waals surface area contributed by atoms with Crippen LogP contribution in [0.3, 0.4) is 0 Å². The van der Waals surface area contributed by atoms with Crippen molar-refractivity contribution >= 4 is 14.5 Å². The molecule has 0 spiro atoms. The zero-order chi connectivity index (χ0) is 31.4. The van der Waals surface area contributed by atoms with Crippen LogP contribution >= 0.6 is 9.24 Å². The van der Waals surface area contributed by atoms with E-state index in [4.69, 9.17) is 9.47 Å². The number of benzene rings is 5. The highest BCUT2D eigenvalue weighted by Gasteiger charge is 2.27. The van der Waals surface area contributed by atoms with Gasteiger partial charge in [0.15, 0.2) is 0 Å². The van der Waals surface area contributed by atoms with E-state index in [2.05, 4.69) is 115 Å². The van der Waals surface area contributed by atoms with E-state index < -0.39 is 0 Å². The predicted octanol–water partition coefficient (Wildman–Crippen LogP) is 9.69. The molecule has 5 rings (SSSR count). The van der Waals surface area contributed by atoms with Crippen molar-refractivity contribution in [3.8, 4) is 39.5 Å². The normalized spacial score (nSPS) is 11.8. The Morgan fingerprint density at radius 3 is 2.02 bits per heavy atom. The molecular weight excluding hydrogens is 559 g/mol. The van der Waals surface area contributed by atoms with Crippen molar-refractivity contribution in [3.63, 3.8) is 0 Å². The van der Waals surface area contributed by atoms with Crippen LogP contribution in [0.25, 0.3) is 22.3 Å². The third-order valence-corrected chi connectivity index (χ3v) is 8.96. The molecule has 0 saturated carbocycles. The van der Waals surface area contributed by atoms with Gasteiger partial charge in [-0.3, -0.25) is 0 Å². The summed E-state index contributed by atoms with van der Waals surface area (Å²) in [6.45, 7) is 8.41. The Labute approximate surface area is 265 Å². The van der Waals surface area contributed by atoms with E-state index >= 15 is 0 Å². The van der Waals surface area contributed by atoms with Crippen molar-refractivity contribution in [3.05, 3.63) is 130 Å². The molecule has 0 aliphatic rings. The van der Waals surface area contributed by atoms with Crippen LogP contribution in [-0.2, 0) is 6.42 Å². The SMILES string of the molecule is CCCCc1ccc(C(c2cc(-c3cccc(C)c3)cc(C)c2O)c2cc(-c3ccc(OC)c(P)c3)cc(C)c2OC)cc1. The Hall–Kier alpha value is -4.07. The fraction of sp³-hybridized carbons (Fsp3) is 0.250. The van der Waals surface area contributed by atoms with E-state index in [0.29, 0.717) is 5.75 Å². The molecule has 0 heterocycles. The molecule has 0 fully saturated rings. The molecule has 44 heavy (non-hydrogen) atoms. The zero-order valence-corrected chi connectivity index (χ0v) is 27.9. The molecule has 4 heteroatoms. The van der Waals surface area contributed by atoms with E-state index in [1.807, 2.05) is 13.0 Å². The van der Waals surface area contributed by atoms with Gasteiger partial charge in [0.1, 0.15) is 17.2 Å². The van der Waals surface area contributed by atoms with Crippen LogP contribution in [-0.4, -0.2) is 19.3 Å². The molecule has 0 amide bonds. The van der Waals surface area contributed by atoms with Crippen molar-refractivity contribution in [1.29, 1.82) is 0 Å². The van der Waals surface area contributed by atoms with Gasteiger partial charge < -0.3 is 14.6 Å². The number of ether oxygens (including phenoxy) is 2. The maximum Gasteiger partial charge on any atom is 0.126 e. The highest BCUT2D eigenvalue weighted by molar-refractivity contribution is 7.27. The van der Waals surface area contributed by atoms with E-state index in [9.17, 15) is 5.11 Å². The summed E-state index contributed by atoms with van der Waals surface area (Å²) >= 11 is 0. The van der Waals surface area contributed by atoms with Crippen LogP contribution in [0, 0.1) is 20.8 Å².